The van der Waals surface area contributed by atoms with Gasteiger partial charge in [0.05, 0.1) is 12.7 Å². The van der Waals surface area contributed by atoms with E-state index in [4.69, 9.17) is 27.9 Å². The van der Waals surface area contributed by atoms with Crippen LogP contribution in [0.3, 0.4) is 0 Å². The fourth-order valence-electron chi connectivity index (χ4n) is 4.45. The number of nitrogens with one attached hydrogen (secondary N) is 1. The van der Waals surface area contributed by atoms with Crippen LogP contribution in [0.15, 0.2) is 18.2 Å². The van der Waals surface area contributed by atoms with Gasteiger partial charge in [0, 0.05) is 32.9 Å². The Labute approximate surface area is 196 Å². The number of ether oxygens (including phenoxy) is 1. The Bertz CT molecular complexity index is 963. The van der Waals surface area contributed by atoms with Crippen molar-refractivity contribution in [1.82, 2.24) is 4.90 Å². The zero-order valence-corrected chi connectivity index (χ0v) is 19.8. The summed E-state index contributed by atoms with van der Waals surface area (Å²) in [6.07, 6.45) is 5.53. The highest BCUT2D eigenvalue weighted by molar-refractivity contribution is 7.17. The second-order valence-electron chi connectivity index (χ2n) is 8.15. The Hall–Kier alpha value is -1.60. The molecule has 1 fully saturated rings. The number of carbonyl (C=O) groups excluding carboxylic acids is 2. The van der Waals surface area contributed by atoms with Crippen LogP contribution in [0.1, 0.15) is 52.0 Å². The molecule has 2 aromatic rings. The van der Waals surface area contributed by atoms with E-state index in [2.05, 4.69) is 10.2 Å². The van der Waals surface area contributed by atoms with E-state index in [0.29, 0.717) is 27.2 Å². The summed E-state index contributed by atoms with van der Waals surface area (Å²) in [7, 11) is 1.39. The van der Waals surface area contributed by atoms with E-state index in [1.54, 1.807) is 0 Å². The monoisotopic (exact) mass is 480 g/mol. The second-order valence-corrected chi connectivity index (χ2v) is 10.1. The molecule has 0 spiro atoms. The molecule has 2 heterocycles. The van der Waals surface area contributed by atoms with Crippen LogP contribution in [-0.2, 0) is 28.9 Å². The SMILES string of the molecule is COC(=O)c1c(NC(=O)C2CCN(Cc3c(Cl)cccc3Cl)CC2)sc2c1CCCC2. The molecule has 0 bridgehead atoms. The number of likely N-dealkylation sites (tertiary alicyclic amines) is 1. The second kappa shape index (κ2) is 9.90. The number of aryl methyl sites for hydroxylation is 1. The van der Waals surface area contributed by atoms with Gasteiger partial charge in [-0.3, -0.25) is 9.69 Å². The third kappa shape index (κ3) is 4.92. The van der Waals surface area contributed by atoms with Crippen LogP contribution in [0.2, 0.25) is 10.0 Å². The summed E-state index contributed by atoms with van der Waals surface area (Å²) < 4.78 is 5.01. The summed E-state index contributed by atoms with van der Waals surface area (Å²) in [5.74, 6) is -0.456. The standard InChI is InChI=1S/C23H26Cl2N2O3S/c1-30-23(29)20-15-5-2-3-8-19(15)31-22(20)26-21(28)14-9-11-27(12-10-14)13-16-17(24)6-4-7-18(16)25/h4,6-7,14H,2-3,5,8-13H2,1H3,(H,26,28). The third-order valence-electron chi connectivity index (χ3n) is 6.20. The lowest BCUT2D eigenvalue weighted by atomic mass is 9.94. The fraction of sp³-hybridized carbons (Fsp3) is 0.478. The Morgan fingerprint density at radius 2 is 1.84 bits per heavy atom. The van der Waals surface area contributed by atoms with Crippen LogP contribution in [0.25, 0.3) is 0 Å². The average molecular weight is 481 g/mol. The number of piperidine rings is 1. The Kier molecular flexibility index (Phi) is 7.22. The molecular formula is C23H26Cl2N2O3S. The van der Waals surface area contributed by atoms with E-state index >= 15 is 0 Å². The number of fused-ring (bicyclic) bond motifs is 1. The molecule has 2 aliphatic rings. The van der Waals surface area contributed by atoms with Crippen LogP contribution < -0.4 is 5.32 Å². The molecule has 0 radical (unpaired) electrons. The molecule has 1 aromatic carbocycles. The first-order valence-electron chi connectivity index (χ1n) is 10.7. The lowest BCUT2D eigenvalue weighted by Gasteiger charge is -2.31. The highest BCUT2D eigenvalue weighted by atomic mass is 35.5. The predicted molar refractivity (Wildman–Crippen MR) is 125 cm³/mol. The van der Waals surface area contributed by atoms with Crippen LogP contribution >= 0.6 is 34.5 Å². The fourth-order valence-corrected chi connectivity index (χ4v) is 6.24. The van der Waals surface area contributed by atoms with Crippen molar-refractivity contribution in [3.63, 3.8) is 0 Å². The van der Waals surface area contributed by atoms with Gasteiger partial charge in [-0.15, -0.1) is 11.3 Å². The molecule has 0 atom stereocenters. The summed E-state index contributed by atoms with van der Waals surface area (Å²) in [4.78, 5) is 28.9. The minimum Gasteiger partial charge on any atom is -0.465 e. The van der Waals surface area contributed by atoms with E-state index in [1.165, 1.54) is 23.3 Å². The summed E-state index contributed by atoms with van der Waals surface area (Å²) in [5.41, 5.74) is 2.55. The van der Waals surface area contributed by atoms with Crippen LogP contribution in [0.4, 0.5) is 5.00 Å². The molecule has 1 amide bonds. The molecule has 1 aliphatic heterocycles. The lowest BCUT2D eigenvalue weighted by Crippen LogP contribution is -2.38. The van der Waals surface area contributed by atoms with Gasteiger partial charge in [0.2, 0.25) is 5.91 Å². The molecule has 1 aromatic heterocycles. The van der Waals surface area contributed by atoms with Gasteiger partial charge in [0.25, 0.3) is 0 Å². The lowest BCUT2D eigenvalue weighted by molar-refractivity contribution is -0.121. The van der Waals surface area contributed by atoms with Crippen molar-refractivity contribution in [3.8, 4) is 0 Å². The average Bonchev–Trinajstić information content (AvgIpc) is 3.14. The van der Waals surface area contributed by atoms with Gasteiger partial charge in [-0.1, -0.05) is 29.3 Å². The van der Waals surface area contributed by atoms with E-state index in [0.717, 1.165) is 62.7 Å². The maximum Gasteiger partial charge on any atom is 0.341 e. The van der Waals surface area contributed by atoms with Crippen LogP contribution in [-0.4, -0.2) is 37.0 Å². The zero-order valence-electron chi connectivity index (χ0n) is 17.5. The van der Waals surface area contributed by atoms with Gasteiger partial charge in [-0.05, 0) is 69.3 Å². The van der Waals surface area contributed by atoms with Gasteiger partial charge in [0.15, 0.2) is 0 Å². The number of methoxy groups -OCH3 is 1. The Morgan fingerprint density at radius 3 is 2.52 bits per heavy atom. The normalized spacial score (nSPS) is 17.3. The van der Waals surface area contributed by atoms with Crippen molar-refractivity contribution >= 4 is 51.4 Å². The molecule has 0 saturated carbocycles. The number of hydrogen-bond acceptors (Lipinski definition) is 5. The van der Waals surface area contributed by atoms with Crippen molar-refractivity contribution < 1.29 is 14.3 Å². The van der Waals surface area contributed by atoms with Crippen LogP contribution in [0.5, 0.6) is 0 Å². The van der Waals surface area contributed by atoms with Gasteiger partial charge in [0.1, 0.15) is 5.00 Å². The van der Waals surface area contributed by atoms with Crippen molar-refractivity contribution in [1.29, 1.82) is 0 Å². The summed E-state index contributed by atoms with van der Waals surface area (Å²) in [6.45, 7) is 2.27. The maximum absolute atomic E-state index is 13.0. The molecule has 5 nitrogen and oxygen atoms in total. The number of thiophene rings is 1. The number of benzene rings is 1. The largest absolute Gasteiger partial charge is 0.465 e. The molecule has 8 heteroatoms. The van der Waals surface area contributed by atoms with Crippen molar-refractivity contribution in [2.24, 2.45) is 5.92 Å². The number of anilines is 1. The number of hydrogen-bond donors (Lipinski definition) is 1. The van der Waals surface area contributed by atoms with Crippen molar-refractivity contribution in [2.75, 3.05) is 25.5 Å². The first kappa shape index (κ1) is 22.6. The van der Waals surface area contributed by atoms with Gasteiger partial charge in [-0.25, -0.2) is 4.79 Å². The highest BCUT2D eigenvalue weighted by Crippen LogP contribution is 2.39. The molecular weight excluding hydrogens is 455 g/mol. The Morgan fingerprint density at radius 1 is 1.16 bits per heavy atom. The number of nitrogens with zero attached hydrogens (tertiary/aromatic N) is 1. The minimum absolute atomic E-state index is 0.0147. The Balaban J connectivity index is 1.40. The summed E-state index contributed by atoms with van der Waals surface area (Å²) >= 11 is 14.1. The zero-order chi connectivity index (χ0) is 22.0. The maximum atomic E-state index is 13.0. The number of amides is 1. The first-order chi connectivity index (χ1) is 15.0. The van der Waals surface area contributed by atoms with E-state index < -0.39 is 0 Å². The minimum atomic E-state index is -0.360. The third-order valence-corrected chi connectivity index (χ3v) is 8.11. The molecule has 4 rings (SSSR count). The topological polar surface area (TPSA) is 58.6 Å². The first-order valence-corrected chi connectivity index (χ1v) is 12.2. The van der Waals surface area contributed by atoms with E-state index in [1.807, 2.05) is 18.2 Å². The molecule has 31 heavy (non-hydrogen) atoms. The van der Waals surface area contributed by atoms with Gasteiger partial charge >= 0.3 is 5.97 Å². The molecule has 1 saturated heterocycles. The van der Waals surface area contributed by atoms with Crippen LogP contribution in [0, 0.1) is 5.92 Å². The predicted octanol–water partition coefficient (Wildman–Crippen LogP) is 5.57. The van der Waals surface area contributed by atoms with Crippen molar-refractivity contribution in [2.45, 2.75) is 45.1 Å². The van der Waals surface area contributed by atoms with E-state index in [9.17, 15) is 9.59 Å². The van der Waals surface area contributed by atoms with Gasteiger partial charge < -0.3 is 10.1 Å². The smallest absolute Gasteiger partial charge is 0.341 e. The summed E-state index contributed by atoms with van der Waals surface area (Å²) in [6, 6.07) is 5.54. The number of halogens is 2. The number of rotatable bonds is 5. The van der Waals surface area contributed by atoms with Crippen molar-refractivity contribution in [3.05, 3.63) is 49.8 Å². The number of esters is 1. The number of carbonyl (C=O) groups is 2. The highest BCUT2D eigenvalue weighted by Gasteiger charge is 2.30. The summed E-state index contributed by atoms with van der Waals surface area (Å²) in [5, 5.41) is 5.04. The molecule has 1 aliphatic carbocycles. The van der Waals surface area contributed by atoms with Gasteiger partial charge in [-0.2, -0.15) is 0 Å². The molecule has 166 valence electrons. The van der Waals surface area contributed by atoms with E-state index in [-0.39, 0.29) is 17.8 Å². The quantitative estimate of drug-likeness (QED) is 0.568. The molecule has 1 N–H and O–H groups in total. The molecule has 0 unspecified atom stereocenters.